The second-order valence-electron chi connectivity index (χ2n) is 8.02. The Kier molecular flexibility index (Phi) is 7.33. The molecule has 6 nitrogen and oxygen atoms in total. The summed E-state index contributed by atoms with van der Waals surface area (Å²) in [4.78, 5) is 30.7. The highest BCUT2D eigenvalue weighted by atomic mass is 32.2. The Labute approximate surface area is 203 Å². The maximum absolute atomic E-state index is 13.4. The molecule has 4 aromatic rings. The molecule has 4 rings (SSSR count). The van der Waals surface area contributed by atoms with Crippen LogP contribution in [0.15, 0.2) is 82.7 Å². The molecular weight excluding hydrogens is 446 g/mol. The fraction of sp³-hybridized carbons (Fsp3) is 0.222. The lowest BCUT2D eigenvalue weighted by molar-refractivity contribution is -0.113. The number of thioether (sulfide) groups is 1. The van der Waals surface area contributed by atoms with E-state index in [1.807, 2.05) is 54.6 Å². The highest BCUT2D eigenvalue weighted by Gasteiger charge is 2.15. The summed E-state index contributed by atoms with van der Waals surface area (Å²) in [6.07, 6.45) is 1.07. The minimum atomic E-state index is -0.192. The first kappa shape index (κ1) is 23.6. The van der Waals surface area contributed by atoms with Crippen LogP contribution < -0.4 is 15.6 Å². The molecule has 0 unspecified atom stereocenters. The van der Waals surface area contributed by atoms with Crippen LogP contribution >= 0.6 is 11.8 Å². The summed E-state index contributed by atoms with van der Waals surface area (Å²) >= 11 is 1.22. The number of aromatic nitrogens is 2. The van der Waals surface area contributed by atoms with Crippen LogP contribution in [0.2, 0.25) is 0 Å². The number of nitrogens with one attached hydrogen (secondary N) is 1. The van der Waals surface area contributed by atoms with E-state index >= 15 is 0 Å². The van der Waals surface area contributed by atoms with Crippen molar-refractivity contribution >= 4 is 34.3 Å². The van der Waals surface area contributed by atoms with Crippen molar-refractivity contribution in [1.82, 2.24) is 9.55 Å². The number of hydrogen-bond acceptors (Lipinski definition) is 5. The Morgan fingerprint density at radius 2 is 1.85 bits per heavy atom. The van der Waals surface area contributed by atoms with Crippen molar-refractivity contribution in [1.29, 1.82) is 0 Å². The van der Waals surface area contributed by atoms with Crippen molar-refractivity contribution in [2.24, 2.45) is 0 Å². The second-order valence-corrected chi connectivity index (χ2v) is 8.96. The lowest BCUT2D eigenvalue weighted by atomic mass is 9.99. The van der Waals surface area contributed by atoms with Crippen molar-refractivity contribution in [2.75, 3.05) is 18.2 Å². The molecule has 0 radical (unpaired) electrons. The number of amides is 1. The van der Waals surface area contributed by atoms with Crippen LogP contribution in [0.3, 0.4) is 0 Å². The van der Waals surface area contributed by atoms with Crippen LogP contribution in [0.4, 0.5) is 5.69 Å². The first-order valence-corrected chi connectivity index (χ1v) is 12.2. The topological polar surface area (TPSA) is 73.2 Å². The third-order valence-electron chi connectivity index (χ3n) is 5.76. The van der Waals surface area contributed by atoms with Gasteiger partial charge in [0, 0.05) is 11.8 Å². The molecule has 0 aliphatic carbocycles. The van der Waals surface area contributed by atoms with Gasteiger partial charge in [-0.05, 0) is 54.3 Å². The summed E-state index contributed by atoms with van der Waals surface area (Å²) in [5.41, 5.74) is 3.02. The smallest absolute Gasteiger partial charge is 0.266 e. The van der Waals surface area contributed by atoms with Crippen LogP contribution in [-0.2, 0) is 4.79 Å². The van der Waals surface area contributed by atoms with E-state index in [2.05, 4.69) is 19.2 Å². The maximum atomic E-state index is 13.4. The lowest BCUT2D eigenvalue weighted by Crippen LogP contribution is -2.23. The number of carbonyl (C=O) groups excluding carboxylic acids is 1. The average molecular weight is 474 g/mol. The predicted molar refractivity (Wildman–Crippen MR) is 138 cm³/mol. The number of benzene rings is 3. The SMILES string of the molecule is CC[C@@H](C)c1ccc(NC(=O)CSc2nc3ccccc3c(=O)n2-c2cccc(OC)c2)cc1. The summed E-state index contributed by atoms with van der Waals surface area (Å²) in [6, 6.07) is 22.4. The molecule has 0 saturated carbocycles. The Morgan fingerprint density at radius 3 is 2.59 bits per heavy atom. The Balaban J connectivity index is 1.59. The first-order valence-electron chi connectivity index (χ1n) is 11.2. The van der Waals surface area contributed by atoms with Gasteiger partial charge >= 0.3 is 0 Å². The summed E-state index contributed by atoms with van der Waals surface area (Å²) < 4.78 is 6.86. The number of methoxy groups -OCH3 is 1. The molecule has 1 N–H and O–H groups in total. The van der Waals surface area contributed by atoms with E-state index in [9.17, 15) is 9.59 Å². The summed E-state index contributed by atoms with van der Waals surface area (Å²) in [6.45, 7) is 4.34. The number of para-hydroxylation sites is 1. The fourth-order valence-electron chi connectivity index (χ4n) is 3.64. The highest BCUT2D eigenvalue weighted by Crippen LogP contribution is 2.24. The highest BCUT2D eigenvalue weighted by molar-refractivity contribution is 7.99. The molecule has 1 atom stereocenters. The van der Waals surface area contributed by atoms with Gasteiger partial charge in [0.15, 0.2) is 5.16 Å². The average Bonchev–Trinajstić information content (AvgIpc) is 2.87. The van der Waals surface area contributed by atoms with Gasteiger partial charge in [0.1, 0.15) is 5.75 Å². The van der Waals surface area contributed by atoms with Gasteiger partial charge in [0.2, 0.25) is 5.91 Å². The van der Waals surface area contributed by atoms with Crippen LogP contribution in [0.1, 0.15) is 31.7 Å². The fourth-order valence-corrected chi connectivity index (χ4v) is 4.46. The quantitative estimate of drug-likeness (QED) is 0.265. The second kappa shape index (κ2) is 10.6. The number of rotatable bonds is 8. The summed E-state index contributed by atoms with van der Waals surface area (Å²) in [7, 11) is 1.58. The lowest BCUT2D eigenvalue weighted by Gasteiger charge is -2.14. The van der Waals surface area contributed by atoms with Crippen LogP contribution in [0.5, 0.6) is 5.75 Å². The van der Waals surface area contributed by atoms with E-state index < -0.39 is 0 Å². The predicted octanol–water partition coefficient (Wildman–Crippen LogP) is 5.64. The number of anilines is 1. The van der Waals surface area contributed by atoms with E-state index in [4.69, 9.17) is 9.72 Å². The molecule has 34 heavy (non-hydrogen) atoms. The third kappa shape index (κ3) is 5.15. The van der Waals surface area contributed by atoms with Crippen LogP contribution in [0, 0.1) is 0 Å². The van der Waals surface area contributed by atoms with Gasteiger partial charge in [-0.25, -0.2) is 4.98 Å². The molecule has 7 heteroatoms. The summed E-state index contributed by atoms with van der Waals surface area (Å²) in [5, 5.41) is 3.89. The van der Waals surface area contributed by atoms with Gasteiger partial charge in [0.05, 0.1) is 29.5 Å². The zero-order valence-corrected chi connectivity index (χ0v) is 20.3. The van der Waals surface area contributed by atoms with Crippen molar-refractivity contribution in [3.8, 4) is 11.4 Å². The van der Waals surface area contributed by atoms with E-state index in [0.717, 1.165) is 12.1 Å². The zero-order valence-electron chi connectivity index (χ0n) is 19.4. The molecule has 3 aromatic carbocycles. The molecule has 1 heterocycles. The Hall–Kier alpha value is -3.58. The normalized spacial score (nSPS) is 11.9. The maximum Gasteiger partial charge on any atom is 0.266 e. The molecular formula is C27H27N3O3S. The molecule has 0 aliphatic heterocycles. The molecule has 174 valence electrons. The zero-order chi connectivity index (χ0) is 24.1. The Morgan fingerprint density at radius 1 is 1.09 bits per heavy atom. The van der Waals surface area contributed by atoms with Crippen molar-refractivity contribution in [3.05, 3.63) is 88.7 Å². The molecule has 0 fully saturated rings. The Bertz CT molecular complexity index is 1370. The number of fused-ring (bicyclic) bond motifs is 1. The number of nitrogens with zero attached hydrogens (tertiary/aromatic N) is 2. The standard InChI is InChI=1S/C27H27N3O3S/c1-4-18(2)19-12-14-20(15-13-19)28-25(31)17-34-27-29-24-11-6-5-10-23(24)26(32)30(27)21-8-7-9-22(16-21)33-3/h5-16,18H,4,17H2,1-3H3,(H,28,31)/t18-/m1/s1. The minimum absolute atomic E-state index is 0.113. The van der Waals surface area contributed by atoms with Crippen molar-refractivity contribution in [3.63, 3.8) is 0 Å². The van der Waals surface area contributed by atoms with Gasteiger partial charge in [0.25, 0.3) is 5.56 Å². The van der Waals surface area contributed by atoms with Crippen LogP contribution in [0.25, 0.3) is 16.6 Å². The van der Waals surface area contributed by atoms with Crippen molar-refractivity contribution in [2.45, 2.75) is 31.3 Å². The van der Waals surface area contributed by atoms with Crippen molar-refractivity contribution < 1.29 is 9.53 Å². The largest absolute Gasteiger partial charge is 0.497 e. The van der Waals surface area contributed by atoms with E-state index in [1.165, 1.54) is 21.9 Å². The van der Waals surface area contributed by atoms with E-state index in [0.29, 0.717) is 33.4 Å². The van der Waals surface area contributed by atoms with Gasteiger partial charge in [-0.2, -0.15) is 0 Å². The van der Waals surface area contributed by atoms with Gasteiger partial charge in [-0.3, -0.25) is 14.2 Å². The van der Waals surface area contributed by atoms with Crippen LogP contribution in [-0.4, -0.2) is 28.3 Å². The van der Waals surface area contributed by atoms with Gasteiger partial charge < -0.3 is 10.1 Å². The molecule has 1 amide bonds. The number of carbonyl (C=O) groups is 1. The van der Waals surface area contributed by atoms with Gasteiger partial charge in [-0.1, -0.05) is 55.9 Å². The number of hydrogen-bond donors (Lipinski definition) is 1. The third-order valence-corrected chi connectivity index (χ3v) is 6.70. The molecule has 0 saturated heterocycles. The van der Waals surface area contributed by atoms with E-state index in [1.54, 1.807) is 25.3 Å². The molecule has 0 bridgehead atoms. The molecule has 0 spiro atoms. The van der Waals surface area contributed by atoms with Gasteiger partial charge in [-0.15, -0.1) is 0 Å². The summed E-state index contributed by atoms with van der Waals surface area (Å²) in [5.74, 6) is 1.06. The molecule has 0 aliphatic rings. The monoisotopic (exact) mass is 473 g/mol. The minimum Gasteiger partial charge on any atom is -0.497 e. The molecule has 1 aromatic heterocycles. The number of ether oxygens (including phenoxy) is 1. The first-order chi connectivity index (χ1) is 16.5. The van der Waals surface area contributed by atoms with E-state index in [-0.39, 0.29) is 17.2 Å².